The van der Waals surface area contributed by atoms with Crippen LogP contribution in [0.1, 0.15) is 73.1 Å². The van der Waals surface area contributed by atoms with Gasteiger partial charge in [0.2, 0.25) is 0 Å². The van der Waals surface area contributed by atoms with Crippen molar-refractivity contribution in [2.45, 2.75) is 91.3 Å². The molecule has 0 aliphatic rings. The van der Waals surface area contributed by atoms with Crippen LogP contribution in [0.25, 0.3) is 0 Å². The first-order valence-corrected chi connectivity index (χ1v) is 19.9. The summed E-state index contributed by atoms with van der Waals surface area (Å²) >= 11 is -2.47. The minimum atomic E-state index is -3.36. The van der Waals surface area contributed by atoms with E-state index >= 15 is 0 Å². The normalized spacial score (nSPS) is 12.7. The third-order valence-electron chi connectivity index (χ3n) is 5.84. The van der Waals surface area contributed by atoms with Crippen molar-refractivity contribution in [3.63, 3.8) is 0 Å². The average Bonchev–Trinajstić information content (AvgIpc) is 2.68. The van der Waals surface area contributed by atoms with Crippen molar-refractivity contribution >= 4 is 32.0 Å². The second-order valence-corrected chi connectivity index (χ2v) is 22.9. The molecule has 1 rings (SSSR count). The number of hydrogen-bond acceptors (Lipinski definition) is 2. The van der Waals surface area contributed by atoms with E-state index in [2.05, 4.69) is 32.9 Å². The van der Waals surface area contributed by atoms with Crippen LogP contribution in [0.4, 0.5) is 0 Å². The van der Waals surface area contributed by atoms with Crippen molar-refractivity contribution < 1.29 is 8.42 Å². The van der Waals surface area contributed by atoms with Crippen molar-refractivity contribution in [1.29, 1.82) is 0 Å². The molecule has 0 aliphatic heterocycles. The summed E-state index contributed by atoms with van der Waals surface area (Å²) < 4.78 is 32.9. The number of hydrogen-bond donors (Lipinski definition) is 0. The van der Waals surface area contributed by atoms with E-state index in [1.807, 2.05) is 26.0 Å². The minimum absolute atomic E-state index is 0.455. The maximum atomic E-state index is 12.8. The maximum absolute atomic E-state index is 12.8. The zero-order valence-electron chi connectivity index (χ0n) is 18.3. The van der Waals surface area contributed by atoms with E-state index in [1.54, 1.807) is 4.31 Å². The molecule has 0 radical (unpaired) electrons. The molecule has 0 aromatic heterocycles. The molecule has 0 unspecified atom stereocenters. The van der Waals surface area contributed by atoms with Crippen LogP contribution in [0.2, 0.25) is 13.3 Å². The predicted octanol–water partition coefficient (Wildman–Crippen LogP) is 5.77. The molecule has 0 atom stereocenters. The molecule has 0 aliphatic carbocycles. The van der Waals surface area contributed by atoms with Gasteiger partial charge in [-0.2, -0.15) is 0 Å². The molecule has 0 N–H and O–H groups in total. The quantitative estimate of drug-likeness (QED) is 0.303. The van der Waals surface area contributed by atoms with Crippen LogP contribution in [-0.4, -0.2) is 44.2 Å². The summed E-state index contributed by atoms with van der Waals surface area (Å²) in [6.07, 6.45) is 7.73. The Hall–Kier alpha value is -0.0713. The second-order valence-electron chi connectivity index (χ2n) is 7.70. The Kier molecular flexibility index (Phi) is 11.5. The van der Waals surface area contributed by atoms with E-state index in [4.69, 9.17) is 0 Å². The van der Waals surface area contributed by atoms with Crippen molar-refractivity contribution in [3.05, 3.63) is 24.3 Å². The molecule has 1 aromatic carbocycles. The first kappa shape index (κ1) is 25.0. The molecular formula is C22H41NO2SSn. The molecule has 27 heavy (non-hydrogen) atoms. The predicted molar refractivity (Wildman–Crippen MR) is 121 cm³/mol. The molecule has 5 heteroatoms. The number of nitrogens with zero attached hydrogens (tertiary/aromatic N) is 1. The van der Waals surface area contributed by atoms with Gasteiger partial charge in [0.05, 0.1) is 0 Å². The molecular weight excluding hydrogens is 461 g/mol. The van der Waals surface area contributed by atoms with E-state index in [-0.39, 0.29) is 0 Å². The zero-order chi connectivity index (χ0) is 20.3. The fourth-order valence-electron chi connectivity index (χ4n) is 4.05. The number of sulfonamides is 1. The van der Waals surface area contributed by atoms with Gasteiger partial charge >= 0.3 is 173 Å². The molecule has 3 nitrogen and oxygen atoms in total. The first-order valence-electron chi connectivity index (χ1n) is 11.0. The van der Waals surface area contributed by atoms with Gasteiger partial charge in [0, 0.05) is 0 Å². The fourth-order valence-corrected chi connectivity index (χ4v) is 21.4. The zero-order valence-corrected chi connectivity index (χ0v) is 21.9. The first-order chi connectivity index (χ1) is 12.9. The molecule has 0 spiro atoms. The van der Waals surface area contributed by atoms with Crippen molar-refractivity contribution in [2.24, 2.45) is 0 Å². The summed E-state index contributed by atoms with van der Waals surface area (Å²) in [5.74, 6) is 0. The Bertz CT molecular complexity index is 602. The molecule has 0 amide bonds. The van der Waals surface area contributed by atoms with Gasteiger partial charge in [-0.3, -0.25) is 0 Å². The van der Waals surface area contributed by atoms with E-state index in [0.29, 0.717) is 18.0 Å². The van der Waals surface area contributed by atoms with Gasteiger partial charge in [0.25, 0.3) is 0 Å². The standard InChI is InChI=1S/C10H14NO2S.3C4H9.Sn/c1-3-11(4-2)14(12,13)10-8-6-5-7-9-10;3*1-3-4-2;/h6-9H,3-4H2,1-2H3;3*1,3-4H2,2H3;. The van der Waals surface area contributed by atoms with E-state index in [1.165, 1.54) is 55.4 Å². The molecule has 0 bridgehead atoms. The van der Waals surface area contributed by atoms with E-state index < -0.39 is 28.4 Å². The molecule has 0 heterocycles. The number of unbranched alkanes of at least 4 members (excludes halogenated alkanes) is 3. The van der Waals surface area contributed by atoms with Gasteiger partial charge in [-0.1, -0.05) is 0 Å². The fraction of sp³-hybridized carbons (Fsp3) is 0.727. The van der Waals surface area contributed by atoms with Gasteiger partial charge in [-0.25, -0.2) is 0 Å². The summed E-state index contributed by atoms with van der Waals surface area (Å²) in [7, 11) is -3.36. The summed E-state index contributed by atoms with van der Waals surface area (Å²) in [5, 5.41) is 0. The van der Waals surface area contributed by atoms with Crippen LogP contribution < -0.4 is 3.58 Å². The van der Waals surface area contributed by atoms with Crippen LogP contribution in [0, 0.1) is 0 Å². The Morgan fingerprint density at radius 3 is 1.48 bits per heavy atom. The second kappa shape index (κ2) is 12.5. The van der Waals surface area contributed by atoms with Gasteiger partial charge in [-0.05, 0) is 0 Å². The Morgan fingerprint density at radius 2 is 1.15 bits per heavy atom. The van der Waals surface area contributed by atoms with Crippen LogP contribution in [0.3, 0.4) is 0 Å². The van der Waals surface area contributed by atoms with Gasteiger partial charge in [0.1, 0.15) is 0 Å². The van der Waals surface area contributed by atoms with E-state index in [9.17, 15) is 8.42 Å². The van der Waals surface area contributed by atoms with Crippen molar-refractivity contribution in [1.82, 2.24) is 4.31 Å². The van der Waals surface area contributed by atoms with Gasteiger partial charge in [0.15, 0.2) is 0 Å². The van der Waals surface area contributed by atoms with Crippen LogP contribution in [-0.2, 0) is 10.0 Å². The Labute approximate surface area is 172 Å². The Balaban J connectivity index is 3.25. The van der Waals surface area contributed by atoms with Gasteiger partial charge in [-0.15, -0.1) is 0 Å². The summed E-state index contributed by atoms with van der Waals surface area (Å²) in [4.78, 5) is 0.455. The third kappa shape index (κ3) is 6.74. The monoisotopic (exact) mass is 503 g/mol. The third-order valence-corrected chi connectivity index (χ3v) is 23.6. The summed E-state index contributed by atoms with van der Waals surface area (Å²) in [6.45, 7) is 11.7. The van der Waals surface area contributed by atoms with Crippen LogP contribution >= 0.6 is 0 Å². The molecule has 156 valence electrons. The van der Waals surface area contributed by atoms with Crippen LogP contribution in [0.5, 0.6) is 0 Å². The molecule has 0 fully saturated rings. The topological polar surface area (TPSA) is 37.4 Å². The number of benzene rings is 1. The SMILES string of the molecule is CCC[CH2][Sn]([CH2]CCC)([CH2]CCC)[c]1ccc(S(=O)(=O)N(CC)CC)cc1. The summed E-state index contributed by atoms with van der Waals surface area (Å²) in [5.41, 5.74) is 0. The average molecular weight is 502 g/mol. The van der Waals surface area contributed by atoms with Gasteiger partial charge < -0.3 is 0 Å². The molecule has 0 saturated carbocycles. The summed E-state index contributed by atoms with van der Waals surface area (Å²) in [6, 6.07) is 8.15. The van der Waals surface area contributed by atoms with E-state index in [0.717, 1.165) is 0 Å². The number of rotatable bonds is 14. The molecule has 0 saturated heterocycles. The van der Waals surface area contributed by atoms with Crippen molar-refractivity contribution in [3.8, 4) is 0 Å². The molecule has 1 aromatic rings. The van der Waals surface area contributed by atoms with Crippen LogP contribution in [0.15, 0.2) is 29.2 Å². The van der Waals surface area contributed by atoms with Crippen molar-refractivity contribution in [2.75, 3.05) is 13.1 Å². The Morgan fingerprint density at radius 1 is 0.741 bits per heavy atom.